The van der Waals surface area contributed by atoms with E-state index in [4.69, 9.17) is 0 Å². The maximum Gasteiger partial charge on any atom is 0.270 e. The molecule has 0 saturated heterocycles. The molecule has 0 aliphatic rings. The number of aryl methyl sites for hydroxylation is 1. The molecule has 0 bridgehead atoms. The summed E-state index contributed by atoms with van der Waals surface area (Å²) in [6.07, 6.45) is 9.12. The average molecular weight is 352 g/mol. The molecule has 3 rings (SSSR count). The first-order valence-corrected chi connectivity index (χ1v) is 8.68. The van der Waals surface area contributed by atoms with E-state index in [0.717, 1.165) is 23.2 Å². The van der Waals surface area contributed by atoms with Gasteiger partial charge in [-0.15, -0.1) is 0 Å². The van der Waals surface area contributed by atoms with Crippen molar-refractivity contribution in [2.45, 2.75) is 46.3 Å². The second-order valence-electron chi connectivity index (χ2n) is 7.16. The molecular weight excluding hydrogens is 328 g/mol. The summed E-state index contributed by atoms with van der Waals surface area (Å²) in [4.78, 5) is 16.6. The van der Waals surface area contributed by atoms with Gasteiger partial charge in [0.2, 0.25) is 0 Å². The average Bonchev–Trinajstić information content (AvgIpc) is 3.28. The fraction of sp³-hybridized carbons (Fsp3) is 0.368. The van der Waals surface area contributed by atoms with E-state index in [1.165, 1.54) is 0 Å². The van der Waals surface area contributed by atoms with Crippen molar-refractivity contribution in [2.75, 3.05) is 0 Å². The molecule has 0 fully saturated rings. The van der Waals surface area contributed by atoms with Crippen molar-refractivity contribution in [3.8, 4) is 11.1 Å². The van der Waals surface area contributed by atoms with E-state index in [0.29, 0.717) is 12.2 Å². The number of aromatic nitrogens is 5. The van der Waals surface area contributed by atoms with Gasteiger partial charge in [-0.2, -0.15) is 10.2 Å². The molecule has 0 aliphatic carbocycles. The first kappa shape index (κ1) is 17.8. The number of rotatable bonds is 5. The Hall–Kier alpha value is -2.96. The van der Waals surface area contributed by atoms with Gasteiger partial charge < -0.3 is 5.32 Å². The van der Waals surface area contributed by atoms with Crippen molar-refractivity contribution in [3.05, 3.63) is 54.4 Å². The number of carbonyl (C=O) groups excluding carboxylic acids is 1. The summed E-state index contributed by atoms with van der Waals surface area (Å²) in [6, 6.07) is 3.67. The normalized spacial score (nSPS) is 11.5. The zero-order chi connectivity index (χ0) is 18.7. The zero-order valence-electron chi connectivity index (χ0n) is 15.6. The Labute approximate surface area is 153 Å². The lowest BCUT2D eigenvalue weighted by Gasteiger charge is -2.18. The van der Waals surface area contributed by atoms with Gasteiger partial charge in [0.15, 0.2) is 0 Å². The minimum Gasteiger partial charge on any atom is -0.347 e. The van der Waals surface area contributed by atoms with Crippen LogP contribution in [0.5, 0.6) is 0 Å². The number of nitrogens with zero attached hydrogens (tertiary/aromatic N) is 5. The van der Waals surface area contributed by atoms with Crippen LogP contribution < -0.4 is 5.32 Å². The van der Waals surface area contributed by atoms with Crippen LogP contribution in [0.1, 0.15) is 43.7 Å². The predicted octanol–water partition coefficient (Wildman–Crippen LogP) is 2.85. The molecule has 0 aromatic carbocycles. The SMILES string of the molecule is CCn1cc(CNC(=O)c2cc(-c3cnn(C(C)(C)C)c3)ccn2)cn1. The maximum atomic E-state index is 12.4. The fourth-order valence-corrected chi connectivity index (χ4v) is 2.52. The highest BCUT2D eigenvalue weighted by Gasteiger charge is 2.15. The van der Waals surface area contributed by atoms with Gasteiger partial charge in [-0.3, -0.25) is 19.1 Å². The first-order chi connectivity index (χ1) is 12.4. The lowest BCUT2D eigenvalue weighted by atomic mass is 10.1. The highest BCUT2D eigenvalue weighted by Crippen LogP contribution is 2.22. The molecule has 0 unspecified atom stereocenters. The molecule has 136 valence electrons. The van der Waals surface area contributed by atoms with E-state index >= 15 is 0 Å². The van der Waals surface area contributed by atoms with Gasteiger partial charge in [-0.25, -0.2) is 0 Å². The minimum absolute atomic E-state index is 0.0889. The van der Waals surface area contributed by atoms with Gasteiger partial charge in [0, 0.05) is 42.8 Å². The molecule has 26 heavy (non-hydrogen) atoms. The smallest absolute Gasteiger partial charge is 0.270 e. The standard InChI is InChI=1S/C19H24N6O/c1-5-24-12-14(10-22-24)9-21-18(26)17-8-15(6-7-20-17)16-11-23-25(13-16)19(2,3)4/h6-8,10-13H,5,9H2,1-4H3,(H,21,26). The molecule has 3 aromatic rings. The van der Waals surface area contributed by atoms with Crippen LogP contribution in [0, 0.1) is 0 Å². The number of nitrogens with one attached hydrogen (secondary N) is 1. The van der Waals surface area contributed by atoms with Crippen molar-refractivity contribution in [1.82, 2.24) is 29.9 Å². The van der Waals surface area contributed by atoms with Crippen molar-refractivity contribution < 1.29 is 4.79 Å². The Morgan fingerprint density at radius 3 is 2.62 bits per heavy atom. The van der Waals surface area contributed by atoms with Crippen molar-refractivity contribution >= 4 is 5.91 Å². The molecule has 0 spiro atoms. The van der Waals surface area contributed by atoms with Gasteiger partial charge in [-0.1, -0.05) is 0 Å². The third-order valence-corrected chi connectivity index (χ3v) is 4.06. The molecular formula is C19H24N6O. The van der Waals surface area contributed by atoms with E-state index in [9.17, 15) is 4.79 Å². The molecule has 1 N–H and O–H groups in total. The second-order valence-corrected chi connectivity index (χ2v) is 7.16. The molecule has 0 radical (unpaired) electrons. The Morgan fingerprint density at radius 2 is 1.96 bits per heavy atom. The van der Waals surface area contributed by atoms with Crippen LogP contribution in [0.15, 0.2) is 43.1 Å². The third-order valence-electron chi connectivity index (χ3n) is 4.06. The van der Waals surface area contributed by atoms with Crippen molar-refractivity contribution in [2.24, 2.45) is 0 Å². The highest BCUT2D eigenvalue weighted by atomic mass is 16.1. The molecule has 0 saturated carbocycles. The first-order valence-electron chi connectivity index (χ1n) is 8.68. The van der Waals surface area contributed by atoms with E-state index in [1.807, 2.05) is 34.7 Å². The second kappa shape index (κ2) is 7.11. The molecule has 3 heterocycles. The zero-order valence-corrected chi connectivity index (χ0v) is 15.6. The Kier molecular flexibility index (Phi) is 4.88. The minimum atomic E-state index is -0.209. The van der Waals surface area contributed by atoms with Crippen LogP contribution in [0.25, 0.3) is 11.1 Å². The number of amides is 1. The third kappa shape index (κ3) is 3.99. The largest absolute Gasteiger partial charge is 0.347 e. The van der Waals surface area contributed by atoms with Gasteiger partial charge in [0.1, 0.15) is 5.69 Å². The molecule has 7 heteroatoms. The summed E-state index contributed by atoms with van der Waals surface area (Å²) < 4.78 is 3.74. The lowest BCUT2D eigenvalue weighted by molar-refractivity contribution is 0.0946. The summed E-state index contributed by atoms with van der Waals surface area (Å²) in [5, 5.41) is 11.5. The van der Waals surface area contributed by atoms with E-state index in [2.05, 4.69) is 41.3 Å². The lowest BCUT2D eigenvalue weighted by Crippen LogP contribution is -2.23. The van der Waals surface area contributed by atoms with Crippen LogP contribution >= 0.6 is 0 Å². The quantitative estimate of drug-likeness (QED) is 0.766. The number of hydrogen-bond donors (Lipinski definition) is 1. The maximum absolute atomic E-state index is 12.4. The van der Waals surface area contributed by atoms with Crippen LogP contribution in [0.3, 0.4) is 0 Å². The summed E-state index contributed by atoms with van der Waals surface area (Å²) in [7, 11) is 0. The van der Waals surface area contributed by atoms with Crippen LogP contribution in [0.2, 0.25) is 0 Å². The Bertz CT molecular complexity index is 903. The topological polar surface area (TPSA) is 77.6 Å². The Morgan fingerprint density at radius 1 is 1.15 bits per heavy atom. The van der Waals surface area contributed by atoms with Crippen molar-refractivity contribution in [3.63, 3.8) is 0 Å². The van der Waals surface area contributed by atoms with Gasteiger partial charge >= 0.3 is 0 Å². The van der Waals surface area contributed by atoms with E-state index < -0.39 is 0 Å². The van der Waals surface area contributed by atoms with Gasteiger partial charge in [-0.05, 0) is 45.4 Å². The number of hydrogen-bond acceptors (Lipinski definition) is 4. The summed E-state index contributed by atoms with van der Waals surface area (Å²) in [5.41, 5.74) is 3.13. The van der Waals surface area contributed by atoms with Gasteiger partial charge in [0.05, 0.1) is 17.9 Å². The highest BCUT2D eigenvalue weighted by molar-refractivity contribution is 5.93. The van der Waals surface area contributed by atoms with Crippen LogP contribution in [-0.2, 0) is 18.6 Å². The number of pyridine rings is 1. The van der Waals surface area contributed by atoms with E-state index in [-0.39, 0.29) is 11.4 Å². The number of carbonyl (C=O) groups is 1. The van der Waals surface area contributed by atoms with Gasteiger partial charge in [0.25, 0.3) is 5.91 Å². The molecule has 7 nitrogen and oxygen atoms in total. The molecule has 0 aliphatic heterocycles. The summed E-state index contributed by atoms with van der Waals surface area (Å²) >= 11 is 0. The molecule has 0 atom stereocenters. The van der Waals surface area contributed by atoms with Crippen LogP contribution in [0.4, 0.5) is 0 Å². The summed E-state index contributed by atoms with van der Waals surface area (Å²) in [5.74, 6) is -0.209. The fourth-order valence-electron chi connectivity index (χ4n) is 2.52. The van der Waals surface area contributed by atoms with Crippen LogP contribution in [-0.4, -0.2) is 30.5 Å². The monoisotopic (exact) mass is 352 g/mol. The van der Waals surface area contributed by atoms with E-state index in [1.54, 1.807) is 24.7 Å². The Balaban J connectivity index is 1.72. The molecule has 1 amide bonds. The summed E-state index contributed by atoms with van der Waals surface area (Å²) in [6.45, 7) is 9.53. The van der Waals surface area contributed by atoms with Crippen molar-refractivity contribution in [1.29, 1.82) is 0 Å². The molecule has 3 aromatic heterocycles. The predicted molar refractivity (Wildman–Crippen MR) is 99.5 cm³/mol.